The van der Waals surface area contributed by atoms with Gasteiger partial charge in [0, 0.05) is 24.1 Å². The van der Waals surface area contributed by atoms with Gasteiger partial charge in [-0.3, -0.25) is 9.59 Å². The number of rotatable bonds is 7. The largest absolute Gasteiger partial charge is 0.508 e. The number of phenolic OH excluding ortho intramolecular Hbond substituents is 1. The highest BCUT2D eigenvalue weighted by Gasteiger charge is 2.60. The Balaban J connectivity index is 1.75. The van der Waals surface area contributed by atoms with Crippen molar-refractivity contribution in [3.8, 4) is 5.75 Å². The molecule has 1 aliphatic heterocycles. The molecule has 2 aromatic carbocycles. The van der Waals surface area contributed by atoms with Gasteiger partial charge in [0.25, 0.3) is 11.6 Å². The van der Waals surface area contributed by atoms with E-state index in [1.165, 1.54) is 31.2 Å². The summed E-state index contributed by atoms with van der Waals surface area (Å²) >= 11 is 6.31. The van der Waals surface area contributed by atoms with Crippen molar-refractivity contribution >= 4 is 29.4 Å². The molecule has 0 aliphatic carbocycles. The zero-order valence-electron chi connectivity index (χ0n) is 18.7. The predicted molar refractivity (Wildman–Crippen MR) is 122 cm³/mol. The van der Waals surface area contributed by atoms with E-state index in [2.05, 4.69) is 5.32 Å². The summed E-state index contributed by atoms with van der Waals surface area (Å²) in [6, 6.07) is 7.29. The number of carboxylic acids is 1. The number of phenols is 1. The van der Waals surface area contributed by atoms with Crippen molar-refractivity contribution in [3.05, 3.63) is 64.5 Å². The van der Waals surface area contributed by atoms with E-state index in [0.717, 1.165) is 10.5 Å². The molecule has 3 rings (SSSR count). The molecule has 0 bridgehead atoms. The van der Waals surface area contributed by atoms with Crippen LogP contribution in [0.25, 0.3) is 0 Å². The maximum absolute atomic E-state index is 13.0. The summed E-state index contributed by atoms with van der Waals surface area (Å²) < 4.78 is 13.0. The zero-order valence-corrected chi connectivity index (χ0v) is 19.5. The Bertz CT molecular complexity index is 1110. The first-order valence-corrected chi connectivity index (χ1v) is 11.1. The normalized spacial score (nSPS) is 22.0. The van der Waals surface area contributed by atoms with Gasteiger partial charge in [-0.15, -0.1) is 11.6 Å². The Morgan fingerprint density at radius 2 is 1.85 bits per heavy atom. The van der Waals surface area contributed by atoms with Crippen LogP contribution in [-0.4, -0.2) is 61.7 Å². The van der Waals surface area contributed by atoms with Crippen molar-refractivity contribution in [1.29, 1.82) is 0 Å². The molecule has 0 radical (unpaired) electrons. The summed E-state index contributed by atoms with van der Waals surface area (Å²) in [6.45, 7) is 2.91. The number of alkyl halides is 1. The third kappa shape index (κ3) is 5.00. The Morgan fingerprint density at radius 1 is 1.21 bits per heavy atom. The van der Waals surface area contributed by atoms with Gasteiger partial charge >= 0.3 is 5.97 Å². The number of aliphatic carboxylic acids is 1. The van der Waals surface area contributed by atoms with Gasteiger partial charge in [-0.2, -0.15) is 0 Å². The minimum atomic E-state index is -2.76. The fraction of sp³-hybridized carbons (Fsp3) is 0.375. The van der Waals surface area contributed by atoms with E-state index in [4.69, 9.17) is 11.6 Å². The molecule has 8 nitrogen and oxygen atoms in total. The highest BCUT2D eigenvalue weighted by atomic mass is 35.5. The van der Waals surface area contributed by atoms with Gasteiger partial charge < -0.3 is 25.5 Å². The zero-order chi connectivity index (χ0) is 25.2. The molecule has 1 saturated heterocycles. The molecule has 34 heavy (non-hydrogen) atoms. The molecule has 3 atom stereocenters. The Kier molecular flexibility index (Phi) is 7.48. The number of likely N-dealkylation sites (tertiary alicyclic amines) is 1. The lowest BCUT2D eigenvalue weighted by Gasteiger charge is -2.34. The molecule has 2 aromatic rings. The van der Waals surface area contributed by atoms with Gasteiger partial charge in [0.1, 0.15) is 17.6 Å². The van der Waals surface area contributed by atoms with E-state index in [1.54, 1.807) is 19.1 Å². The number of aromatic hydroxyl groups is 1. The lowest BCUT2D eigenvalue weighted by atomic mass is 10.0. The monoisotopic (exact) mass is 492 g/mol. The van der Waals surface area contributed by atoms with Crippen LogP contribution in [-0.2, 0) is 16.0 Å². The van der Waals surface area contributed by atoms with Crippen molar-refractivity contribution in [2.24, 2.45) is 0 Å². The predicted octanol–water partition coefficient (Wildman–Crippen LogP) is 2.49. The van der Waals surface area contributed by atoms with Crippen molar-refractivity contribution in [2.45, 2.75) is 50.3 Å². The smallest absolute Gasteiger partial charge is 0.359 e. The second kappa shape index (κ2) is 9.99. The number of nitrogens with zero attached hydrogens (tertiary/aromatic N) is 1. The summed E-state index contributed by atoms with van der Waals surface area (Å²) in [5.41, 5.74) is -0.970. The summed E-state index contributed by atoms with van der Waals surface area (Å²) in [4.78, 5) is 38.6. The van der Waals surface area contributed by atoms with Crippen LogP contribution in [0.15, 0.2) is 36.4 Å². The molecule has 1 heterocycles. The number of hydrogen-bond donors (Lipinski definition) is 4. The number of hydrogen-bond acceptors (Lipinski definition) is 5. The van der Waals surface area contributed by atoms with Crippen LogP contribution >= 0.6 is 11.6 Å². The molecule has 2 unspecified atom stereocenters. The number of carboxylic acid groups (broad SMARTS) is 1. The number of benzene rings is 2. The molecule has 0 saturated carbocycles. The van der Waals surface area contributed by atoms with Crippen LogP contribution in [0.1, 0.15) is 39.9 Å². The SMILES string of the molecule is Cc1cc(O)c(C)c(C(=O)NC2C(Cl)CN(C(=O)CCCc3ccc(F)cc3)[C@]2(O)C(=O)O)c1. The van der Waals surface area contributed by atoms with Gasteiger partial charge in [-0.1, -0.05) is 12.1 Å². The highest BCUT2D eigenvalue weighted by molar-refractivity contribution is 6.22. The fourth-order valence-electron chi connectivity index (χ4n) is 4.09. The summed E-state index contributed by atoms with van der Waals surface area (Å²) in [7, 11) is 0. The van der Waals surface area contributed by atoms with Gasteiger partial charge in [0.15, 0.2) is 0 Å². The van der Waals surface area contributed by atoms with E-state index in [-0.39, 0.29) is 35.7 Å². The molecule has 10 heteroatoms. The molecular formula is C24H26ClFN2O6. The fourth-order valence-corrected chi connectivity index (χ4v) is 4.47. The average Bonchev–Trinajstić information content (AvgIpc) is 3.03. The third-order valence-corrected chi connectivity index (χ3v) is 6.39. The molecule has 0 aromatic heterocycles. The van der Waals surface area contributed by atoms with Crippen LogP contribution in [0.2, 0.25) is 0 Å². The summed E-state index contributed by atoms with van der Waals surface area (Å²) in [6.07, 6.45) is 0.705. The number of amides is 2. The van der Waals surface area contributed by atoms with E-state index >= 15 is 0 Å². The molecule has 1 fully saturated rings. The van der Waals surface area contributed by atoms with E-state index in [1.807, 2.05) is 0 Å². The number of nitrogens with one attached hydrogen (secondary N) is 1. The average molecular weight is 493 g/mol. The van der Waals surface area contributed by atoms with E-state index in [9.17, 15) is 34.1 Å². The summed E-state index contributed by atoms with van der Waals surface area (Å²) in [5.74, 6) is -3.58. The summed E-state index contributed by atoms with van der Waals surface area (Å²) in [5, 5.41) is 32.2. The molecular weight excluding hydrogens is 467 g/mol. The topological polar surface area (TPSA) is 127 Å². The standard InChI is InChI=1S/C24H26ClFN2O6/c1-13-10-17(14(2)19(29)11-13)22(31)27-21-18(25)12-28(24(21,34)23(32)33)20(30)5-3-4-15-6-8-16(26)9-7-15/h6-11,18,21,29,34H,3-5,12H2,1-2H3,(H,27,31)(H,32,33)/t18?,21?,24-/m1/s1. The van der Waals surface area contributed by atoms with E-state index in [0.29, 0.717) is 18.4 Å². The maximum Gasteiger partial charge on any atom is 0.359 e. The second-order valence-electron chi connectivity index (χ2n) is 8.44. The van der Waals surface area contributed by atoms with Gasteiger partial charge in [0.05, 0.1) is 5.38 Å². The molecule has 182 valence electrons. The number of carbonyl (C=O) groups excluding carboxylic acids is 2. The minimum Gasteiger partial charge on any atom is -0.508 e. The minimum absolute atomic E-state index is 0.0812. The number of aliphatic hydroxyl groups is 1. The number of halogens is 2. The maximum atomic E-state index is 13.0. The highest BCUT2D eigenvalue weighted by Crippen LogP contribution is 2.33. The molecule has 1 aliphatic rings. The van der Waals surface area contributed by atoms with Crippen LogP contribution < -0.4 is 5.32 Å². The van der Waals surface area contributed by atoms with Crippen molar-refractivity contribution < 1.29 is 34.1 Å². The van der Waals surface area contributed by atoms with Crippen molar-refractivity contribution in [2.75, 3.05) is 6.54 Å². The first kappa shape index (κ1) is 25.5. The van der Waals surface area contributed by atoms with Gasteiger partial charge in [-0.05, 0) is 62.1 Å². The molecule has 4 N–H and O–H groups in total. The first-order valence-electron chi connectivity index (χ1n) is 10.7. The molecule has 2 amide bonds. The lowest BCUT2D eigenvalue weighted by Crippen LogP contribution is -2.63. The Morgan fingerprint density at radius 3 is 2.47 bits per heavy atom. The third-order valence-electron chi connectivity index (χ3n) is 6.00. The number of carbonyl (C=O) groups is 3. The number of aryl methyl sites for hydroxylation is 2. The second-order valence-corrected chi connectivity index (χ2v) is 9.00. The van der Waals surface area contributed by atoms with Crippen molar-refractivity contribution in [1.82, 2.24) is 10.2 Å². The Labute approximate surface area is 201 Å². The van der Waals surface area contributed by atoms with Crippen molar-refractivity contribution in [3.63, 3.8) is 0 Å². The molecule has 0 spiro atoms. The van der Waals surface area contributed by atoms with Crippen LogP contribution in [0, 0.1) is 19.7 Å². The quantitative estimate of drug-likeness (QED) is 0.440. The Hall–Kier alpha value is -3.17. The van der Waals surface area contributed by atoms with E-state index < -0.39 is 34.9 Å². The van der Waals surface area contributed by atoms with Gasteiger partial charge in [0.2, 0.25) is 5.91 Å². The lowest BCUT2D eigenvalue weighted by molar-refractivity contribution is -0.185. The first-order chi connectivity index (χ1) is 15.9. The van der Waals surface area contributed by atoms with Crippen LogP contribution in [0.3, 0.4) is 0 Å². The van der Waals surface area contributed by atoms with Gasteiger partial charge in [-0.25, -0.2) is 9.18 Å². The van der Waals surface area contributed by atoms with Crippen LogP contribution in [0.4, 0.5) is 4.39 Å². The van der Waals surface area contributed by atoms with Crippen LogP contribution in [0.5, 0.6) is 5.75 Å².